The van der Waals surface area contributed by atoms with Gasteiger partial charge >= 0.3 is 109 Å². The average Bonchev–Trinajstić information content (AvgIpc) is 2.61. The third kappa shape index (κ3) is 2.72. The van der Waals surface area contributed by atoms with E-state index in [9.17, 15) is 0 Å². The van der Waals surface area contributed by atoms with Gasteiger partial charge in [0.2, 0.25) is 0 Å². The number of halogens is 2. The number of anilines is 1. The molecule has 1 aromatic heterocycles. The summed E-state index contributed by atoms with van der Waals surface area (Å²) in [7, 11) is 0. The van der Waals surface area contributed by atoms with Gasteiger partial charge in [0.15, 0.2) is 0 Å². The van der Waals surface area contributed by atoms with Crippen molar-refractivity contribution < 1.29 is 0 Å². The van der Waals surface area contributed by atoms with Gasteiger partial charge in [0.05, 0.1) is 0 Å². The first-order chi connectivity index (χ1) is 7.20. The van der Waals surface area contributed by atoms with E-state index in [1.165, 1.54) is 19.1 Å². The Balaban J connectivity index is 2.15. The fraction of sp³-hybridized carbons (Fsp3) is 0.600. The monoisotopic (exact) mass is 433 g/mol. The second-order valence-corrected chi connectivity index (χ2v) is 13.6. The van der Waals surface area contributed by atoms with Gasteiger partial charge in [0, 0.05) is 0 Å². The van der Waals surface area contributed by atoms with E-state index >= 15 is 0 Å². The summed E-state index contributed by atoms with van der Waals surface area (Å²) >= 11 is -0.694. The van der Waals surface area contributed by atoms with Crippen molar-refractivity contribution in [1.82, 2.24) is 9.55 Å². The van der Waals surface area contributed by atoms with Gasteiger partial charge in [-0.05, 0) is 0 Å². The molecule has 5 heteroatoms. The zero-order valence-electron chi connectivity index (χ0n) is 9.13. The summed E-state index contributed by atoms with van der Waals surface area (Å²) in [6.45, 7) is 5.58. The number of aryl methyl sites for hydroxylation is 1. The molecule has 0 atom stereocenters. The predicted octanol–water partition coefficient (Wildman–Crippen LogP) is 3.21. The van der Waals surface area contributed by atoms with Gasteiger partial charge in [-0.25, -0.2) is 0 Å². The molecule has 1 aliphatic heterocycles. The van der Waals surface area contributed by atoms with Crippen LogP contribution in [0, 0.1) is 0 Å². The molecule has 1 aliphatic rings. The van der Waals surface area contributed by atoms with Crippen LogP contribution in [0.15, 0.2) is 6.20 Å². The van der Waals surface area contributed by atoms with E-state index in [0.29, 0.717) is 5.92 Å². The molecule has 0 saturated heterocycles. The van der Waals surface area contributed by atoms with Gasteiger partial charge in [0.25, 0.3) is 0 Å². The Bertz CT molecular complexity index is 360. The Labute approximate surface area is 109 Å². The zero-order valence-corrected chi connectivity index (χ0v) is 13.4. The van der Waals surface area contributed by atoms with E-state index in [4.69, 9.17) is 0 Å². The fourth-order valence-electron chi connectivity index (χ4n) is 1.48. The maximum atomic E-state index is 4.67. The standard InChI is InChI=1S/C10H17I2N3/c1-8(2)9-6-15-5-4-12(7-11-3)14-10(15)13-9/h6,8H,3-5,7H2,1-2H3,(H,13,14). The first kappa shape index (κ1) is 11.8. The van der Waals surface area contributed by atoms with Gasteiger partial charge in [0.1, 0.15) is 0 Å². The van der Waals surface area contributed by atoms with Crippen LogP contribution in [-0.4, -0.2) is 20.9 Å². The molecule has 0 aliphatic carbocycles. The van der Waals surface area contributed by atoms with Gasteiger partial charge < -0.3 is 0 Å². The van der Waals surface area contributed by atoms with E-state index in [2.05, 4.69) is 37.6 Å². The molecular formula is C10H17I2N3. The van der Waals surface area contributed by atoms with Crippen molar-refractivity contribution in [3.8, 4) is 0 Å². The third-order valence-electron chi connectivity index (χ3n) is 2.35. The number of alkyl halides is 3. The molecule has 0 unspecified atom stereocenters. The van der Waals surface area contributed by atoms with Crippen LogP contribution in [0.5, 0.6) is 0 Å². The number of rotatable bonds is 3. The molecule has 1 aromatic rings. The van der Waals surface area contributed by atoms with E-state index in [1.807, 2.05) is 0 Å². The first-order valence-electron chi connectivity index (χ1n) is 4.99. The molecule has 2 heterocycles. The molecule has 15 heavy (non-hydrogen) atoms. The van der Waals surface area contributed by atoms with Crippen LogP contribution in [0.25, 0.3) is 0 Å². The molecule has 0 saturated carbocycles. The van der Waals surface area contributed by atoms with Crippen LogP contribution in [0.1, 0.15) is 25.5 Å². The molecule has 0 spiro atoms. The van der Waals surface area contributed by atoms with Crippen molar-refractivity contribution in [3.63, 3.8) is 0 Å². The van der Waals surface area contributed by atoms with Crippen LogP contribution in [0.3, 0.4) is 0 Å². The molecule has 0 radical (unpaired) electrons. The molecule has 0 bridgehead atoms. The number of aromatic nitrogens is 2. The van der Waals surface area contributed by atoms with Crippen molar-refractivity contribution in [2.75, 3.05) is 10.4 Å². The van der Waals surface area contributed by atoms with Crippen LogP contribution in [0.4, 0.5) is 5.95 Å². The molecule has 86 valence electrons. The molecule has 0 aromatic carbocycles. The Hall–Kier alpha value is 0.340. The van der Waals surface area contributed by atoms with Crippen molar-refractivity contribution >= 4 is 51.3 Å². The molecule has 1 N–H and O–H groups in total. The van der Waals surface area contributed by atoms with Crippen LogP contribution >= 0.6 is 40.8 Å². The van der Waals surface area contributed by atoms with Crippen LogP contribution in [-0.2, 0) is 6.54 Å². The molecule has 0 amide bonds. The van der Waals surface area contributed by atoms with E-state index in [-0.39, 0.29) is 20.7 Å². The normalized spacial score (nSPS) is 17.7. The van der Waals surface area contributed by atoms with Gasteiger partial charge in [-0.15, -0.1) is 0 Å². The number of hydrogen-bond donors (Lipinski definition) is 1. The second kappa shape index (κ2) is 5.11. The second-order valence-electron chi connectivity index (χ2n) is 3.87. The van der Waals surface area contributed by atoms with Crippen molar-refractivity contribution in [2.45, 2.75) is 26.3 Å². The fourth-order valence-corrected chi connectivity index (χ4v) is 11.1. The van der Waals surface area contributed by atoms with E-state index in [0.717, 1.165) is 5.95 Å². The SMILES string of the molecule is C=ICI1CCn2cc(C(C)C)nc2N1. The van der Waals surface area contributed by atoms with E-state index < -0.39 is 20.1 Å². The topological polar surface area (TPSA) is 29.9 Å². The average molecular weight is 433 g/mol. The first-order valence-corrected chi connectivity index (χ1v) is 12.2. The van der Waals surface area contributed by atoms with Crippen LogP contribution in [0.2, 0.25) is 0 Å². The van der Waals surface area contributed by atoms with E-state index in [1.54, 1.807) is 0 Å². The predicted molar refractivity (Wildman–Crippen MR) is 84.8 cm³/mol. The summed E-state index contributed by atoms with van der Waals surface area (Å²) in [5.74, 6) is 1.67. The Morgan fingerprint density at radius 2 is 2.53 bits per heavy atom. The van der Waals surface area contributed by atoms with Crippen molar-refractivity contribution in [3.05, 3.63) is 11.9 Å². The Morgan fingerprint density at radius 3 is 3.20 bits per heavy atom. The Kier molecular flexibility index (Phi) is 4.03. The Morgan fingerprint density at radius 1 is 1.73 bits per heavy atom. The summed E-state index contributed by atoms with van der Waals surface area (Å²) in [4.78, 5) is 4.67. The molecular weight excluding hydrogens is 416 g/mol. The van der Waals surface area contributed by atoms with Crippen LogP contribution < -0.4 is 3.53 Å². The summed E-state index contributed by atoms with van der Waals surface area (Å²) in [6.07, 6.45) is 2.21. The van der Waals surface area contributed by atoms with Crippen molar-refractivity contribution in [2.24, 2.45) is 0 Å². The number of nitrogens with one attached hydrogen (secondary N) is 1. The molecule has 0 fully saturated rings. The summed E-state index contributed by atoms with van der Waals surface area (Å²) in [6, 6.07) is 0. The third-order valence-corrected chi connectivity index (χ3v) is 13.9. The quantitative estimate of drug-likeness (QED) is 0.451. The molecule has 2 rings (SSSR count). The minimum absolute atomic E-state index is 0.206. The van der Waals surface area contributed by atoms with Crippen molar-refractivity contribution in [1.29, 1.82) is 0 Å². The molecule has 3 nitrogen and oxygen atoms in total. The van der Waals surface area contributed by atoms with Gasteiger partial charge in [-0.3, -0.25) is 0 Å². The number of fused-ring (bicyclic) bond motifs is 1. The summed E-state index contributed by atoms with van der Waals surface area (Å²) in [5.41, 5.74) is 1.22. The summed E-state index contributed by atoms with van der Waals surface area (Å²) < 4.78 is 12.8. The maximum absolute atomic E-state index is 4.67. The van der Waals surface area contributed by atoms with Gasteiger partial charge in [-0.1, -0.05) is 0 Å². The minimum atomic E-state index is -0.900. The number of nitrogens with zero attached hydrogens (tertiary/aromatic N) is 2. The van der Waals surface area contributed by atoms with Gasteiger partial charge in [-0.2, -0.15) is 0 Å². The number of imidazole rings is 1. The zero-order chi connectivity index (χ0) is 10.8. The number of hydrogen-bond acceptors (Lipinski definition) is 2. The summed E-state index contributed by atoms with van der Waals surface area (Å²) in [5, 5.41) is 0.